The van der Waals surface area contributed by atoms with Gasteiger partial charge in [0.25, 0.3) is 0 Å². The summed E-state index contributed by atoms with van der Waals surface area (Å²) in [5.41, 5.74) is 0. The van der Waals surface area contributed by atoms with Gasteiger partial charge in [-0.2, -0.15) is 0 Å². The molecule has 0 aromatic rings. The van der Waals surface area contributed by atoms with Crippen LogP contribution >= 0.6 is 0 Å². The first kappa shape index (κ1) is 39.1. The molecule has 0 aliphatic heterocycles. The molecule has 7 nitrogen and oxygen atoms in total. The second kappa shape index (κ2) is 24.7. The summed E-state index contributed by atoms with van der Waals surface area (Å²) in [7, 11) is 0. The molecule has 0 radical (unpaired) electrons. The van der Waals surface area contributed by atoms with Crippen LogP contribution in [0.3, 0.4) is 0 Å². The van der Waals surface area contributed by atoms with Crippen LogP contribution in [-0.2, 0) is 14.4 Å². The molecule has 0 heterocycles. The lowest BCUT2D eigenvalue weighted by Gasteiger charge is -2.51. The Morgan fingerprint density at radius 1 is 0.561 bits per heavy atom. The SMILES string of the molecule is CCCC/C=C/CCCCCCCCCCCCCCCC[N+](C(CC)C(=O)[O-])(C(CC)C(=O)O)C(CC)C(=O)O. The van der Waals surface area contributed by atoms with E-state index in [0.717, 1.165) is 19.3 Å². The maximum atomic E-state index is 12.2. The number of hydrogen-bond acceptors (Lipinski definition) is 4. The average Bonchev–Trinajstić information content (AvgIpc) is 2.92. The molecule has 7 heteroatoms. The van der Waals surface area contributed by atoms with Crippen molar-refractivity contribution in [3.8, 4) is 0 Å². The molecule has 0 aliphatic carbocycles. The topological polar surface area (TPSA) is 115 Å². The first-order valence-corrected chi connectivity index (χ1v) is 16.9. The molecule has 0 saturated heterocycles. The van der Waals surface area contributed by atoms with E-state index in [1.165, 1.54) is 89.9 Å². The van der Waals surface area contributed by atoms with Gasteiger partial charge in [-0.25, -0.2) is 9.59 Å². The van der Waals surface area contributed by atoms with Crippen molar-refractivity contribution in [1.29, 1.82) is 0 Å². The minimum Gasteiger partial charge on any atom is -0.544 e. The van der Waals surface area contributed by atoms with Gasteiger partial charge < -0.3 is 20.1 Å². The molecule has 0 aromatic heterocycles. The summed E-state index contributed by atoms with van der Waals surface area (Å²) < 4.78 is -0.466. The van der Waals surface area contributed by atoms with Crippen LogP contribution in [0.2, 0.25) is 0 Å². The Hall–Kier alpha value is -1.89. The fourth-order valence-electron chi connectivity index (χ4n) is 6.59. The number of carbonyl (C=O) groups excluding carboxylic acids is 1. The first-order chi connectivity index (χ1) is 19.7. The second-order valence-electron chi connectivity index (χ2n) is 11.8. The lowest BCUT2D eigenvalue weighted by molar-refractivity contribution is -0.974. The lowest BCUT2D eigenvalue weighted by Crippen LogP contribution is -2.73. The molecule has 3 unspecified atom stereocenters. The van der Waals surface area contributed by atoms with Gasteiger partial charge in [-0.1, -0.05) is 123 Å². The van der Waals surface area contributed by atoms with Crippen molar-refractivity contribution in [3.05, 3.63) is 12.2 Å². The summed E-state index contributed by atoms with van der Waals surface area (Å²) in [5.74, 6) is -3.65. The minimum absolute atomic E-state index is 0.132. The molecule has 240 valence electrons. The zero-order valence-electron chi connectivity index (χ0n) is 26.9. The number of carboxylic acid groups (broad SMARTS) is 3. The van der Waals surface area contributed by atoms with Crippen molar-refractivity contribution in [2.75, 3.05) is 6.54 Å². The molecule has 0 spiro atoms. The highest BCUT2D eigenvalue weighted by Gasteiger charge is 2.53. The highest BCUT2D eigenvalue weighted by atomic mass is 16.4. The Balaban J connectivity index is 4.41. The minimum atomic E-state index is -1.36. The molecule has 2 N–H and O–H groups in total. The predicted octanol–water partition coefficient (Wildman–Crippen LogP) is 7.66. The standard InChI is InChI=1S/C34H63NO6/c1-5-9-10-11-12-13-14-15-16-17-18-19-20-21-22-23-24-25-26-27-28-35(29(6-2)32(36)37,30(7-3)33(38)39)31(8-4)34(40)41/h11-12,29-31H,5-10,13-28H2,1-4H3,(H2-,36,37,38,39,40,41)/b12-11+. The van der Waals surface area contributed by atoms with Gasteiger partial charge in [-0.3, -0.25) is 4.48 Å². The van der Waals surface area contributed by atoms with Crippen LogP contribution in [-0.4, -0.2) is 57.3 Å². The Morgan fingerprint density at radius 3 is 1.22 bits per heavy atom. The van der Waals surface area contributed by atoms with Gasteiger partial charge in [0.2, 0.25) is 0 Å². The molecule has 0 bridgehead atoms. The molecule has 0 aromatic carbocycles. The van der Waals surface area contributed by atoms with E-state index in [4.69, 9.17) is 0 Å². The maximum absolute atomic E-state index is 12.2. The maximum Gasteiger partial charge on any atom is 0.362 e. The Bertz CT molecular complexity index is 667. The fourth-order valence-corrected chi connectivity index (χ4v) is 6.59. The largest absolute Gasteiger partial charge is 0.544 e. The molecular formula is C34H63NO6. The molecule has 0 aliphatic rings. The number of aliphatic carboxylic acids is 3. The summed E-state index contributed by atoms with van der Waals surface area (Å²) in [4.78, 5) is 36.7. The van der Waals surface area contributed by atoms with E-state index in [-0.39, 0.29) is 25.8 Å². The van der Waals surface area contributed by atoms with Crippen LogP contribution in [0.25, 0.3) is 0 Å². The van der Waals surface area contributed by atoms with Gasteiger partial charge in [0.05, 0.1) is 12.5 Å². The predicted molar refractivity (Wildman–Crippen MR) is 166 cm³/mol. The highest BCUT2D eigenvalue weighted by molar-refractivity contribution is 5.77. The van der Waals surface area contributed by atoms with E-state index >= 15 is 0 Å². The smallest absolute Gasteiger partial charge is 0.362 e. The van der Waals surface area contributed by atoms with Crippen molar-refractivity contribution < 1.29 is 34.2 Å². The van der Waals surface area contributed by atoms with Crippen LogP contribution in [0.15, 0.2) is 12.2 Å². The van der Waals surface area contributed by atoms with E-state index < -0.39 is 40.5 Å². The third kappa shape index (κ3) is 15.2. The van der Waals surface area contributed by atoms with Gasteiger partial charge in [-0.05, 0) is 32.1 Å². The number of hydrogen-bond donors (Lipinski definition) is 2. The van der Waals surface area contributed by atoms with E-state index in [1.54, 1.807) is 20.8 Å². The second-order valence-corrected chi connectivity index (χ2v) is 11.8. The van der Waals surface area contributed by atoms with Crippen molar-refractivity contribution in [2.45, 2.75) is 181 Å². The molecule has 0 saturated carbocycles. The zero-order chi connectivity index (χ0) is 30.9. The number of carbonyl (C=O) groups is 3. The van der Waals surface area contributed by atoms with E-state index in [1.807, 2.05) is 0 Å². The number of quaternary nitrogens is 1. The quantitative estimate of drug-likeness (QED) is 0.0532. The van der Waals surface area contributed by atoms with Crippen molar-refractivity contribution in [1.82, 2.24) is 0 Å². The Labute approximate surface area is 251 Å². The lowest BCUT2D eigenvalue weighted by atomic mass is 9.93. The van der Waals surface area contributed by atoms with Crippen molar-refractivity contribution in [2.24, 2.45) is 0 Å². The first-order valence-electron chi connectivity index (χ1n) is 16.9. The monoisotopic (exact) mass is 581 g/mol. The third-order valence-corrected chi connectivity index (χ3v) is 8.80. The third-order valence-electron chi connectivity index (χ3n) is 8.80. The Kier molecular flexibility index (Phi) is 23.5. The van der Waals surface area contributed by atoms with Crippen LogP contribution in [0, 0.1) is 0 Å². The fraction of sp³-hybridized carbons (Fsp3) is 0.853. The molecular weight excluding hydrogens is 518 g/mol. The molecule has 0 amide bonds. The van der Waals surface area contributed by atoms with Crippen molar-refractivity contribution in [3.63, 3.8) is 0 Å². The van der Waals surface area contributed by atoms with Crippen LogP contribution in [0.4, 0.5) is 0 Å². The Morgan fingerprint density at radius 2 is 0.902 bits per heavy atom. The van der Waals surface area contributed by atoms with Gasteiger partial charge in [0.15, 0.2) is 12.1 Å². The summed E-state index contributed by atoms with van der Waals surface area (Å²) >= 11 is 0. The molecule has 0 rings (SSSR count). The number of unbranched alkanes of at least 4 members (excludes halogenated alkanes) is 16. The van der Waals surface area contributed by atoms with Crippen LogP contribution < -0.4 is 5.11 Å². The summed E-state index contributed by atoms with van der Waals surface area (Å²) in [6, 6.07) is -3.37. The number of allylic oxidation sites excluding steroid dienone is 2. The van der Waals surface area contributed by atoms with Crippen molar-refractivity contribution >= 4 is 17.9 Å². The highest BCUT2D eigenvalue weighted by Crippen LogP contribution is 2.32. The molecule has 0 fully saturated rings. The van der Waals surface area contributed by atoms with E-state index in [2.05, 4.69) is 19.1 Å². The number of nitrogens with zero attached hydrogens (tertiary/aromatic N) is 1. The normalized spacial score (nSPS) is 15.4. The zero-order valence-corrected chi connectivity index (χ0v) is 26.9. The van der Waals surface area contributed by atoms with Gasteiger partial charge in [-0.15, -0.1) is 0 Å². The average molecular weight is 582 g/mol. The van der Waals surface area contributed by atoms with Gasteiger partial charge in [0.1, 0.15) is 6.04 Å². The number of rotatable bonds is 29. The molecule has 3 atom stereocenters. The molecule has 41 heavy (non-hydrogen) atoms. The van der Waals surface area contributed by atoms with E-state index in [9.17, 15) is 29.7 Å². The van der Waals surface area contributed by atoms with Crippen LogP contribution in [0.5, 0.6) is 0 Å². The van der Waals surface area contributed by atoms with Gasteiger partial charge >= 0.3 is 11.9 Å². The van der Waals surface area contributed by atoms with Crippen LogP contribution in [0.1, 0.15) is 163 Å². The summed E-state index contributed by atoms with van der Waals surface area (Å²) in [6.07, 6.45) is 26.7. The van der Waals surface area contributed by atoms with Gasteiger partial charge in [0, 0.05) is 19.3 Å². The summed E-state index contributed by atoms with van der Waals surface area (Å²) in [5, 5.41) is 32.2. The van der Waals surface area contributed by atoms with E-state index in [0.29, 0.717) is 6.42 Å². The number of carboxylic acids is 3. The summed E-state index contributed by atoms with van der Waals surface area (Å²) in [6.45, 7) is 7.51.